The Morgan fingerprint density at radius 2 is 2.29 bits per heavy atom. The molecule has 0 aliphatic carbocycles. The summed E-state index contributed by atoms with van der Waals surface area (Å²) in [6.07, 6.45) is 1.91. The van der Waals surface area contributed by atoms with Gasteiger partial charge in [-0.15, -0.1) is 0 Å². The van der Waals surface area contributed by atoms with Gasteiger partial charge < -0.3 is 0 Å². The van der Waals surface area contributed by atoms with Gasteiger partial charge in [0.1, 0.15) is 6.67 Å². The van der Waals surface area contributed by atoms with Crippen LogP contribution in [-0.2, 0) is 0 Å². The zero-order chi connectivity index (χ0) is 5.70. The van der Waals surface area contributed by atoms with Gasteiger partial charge in [-0.2, -0.15) is 12.6 Å². The highest BCUT2D eigenvalue weighted by Gasteiger charge is 1.96. The second-order valence-corrected chi connectivity index (χ2v) is 2.33. The summed E-state index contributed by atoms with van der Waals surface area (Å²) in [7, 11) is 0. The highest BCUT2D eigenvalue weighted by Crippen LogP contribution is 2.03. The first-order valence-corrected chi connectivity index (χ1v) is 3.07. The molecule has 0 fully saturated rings. The first-order valence-electron chi connectivity index (χ1n) is 2.55. The summed E-state index contributed by atoms with van der Waals surface area (Å²) < 4.78 is 11.5. The Bertz CT molecular complexity index is 39.1. The van der Waals surface area contributed by atoms with E-state index in [4.69, 9.17) is 0 Å². The lowest BCUT2D eigenvalue weighted by atomic mass is 10.3. The van der Waals surface area contributed by atoms with E-state index in [-0.39, 0.29) is 11.9 Å². The zero-order valence-corrected chi connectivity index (χ0v) is 5.42. The van der Waals surface area contributed by atoms with Crippen LogP contribution in [0.15, 0.2) is 0 Å². The third-order valence-corrected chi connectivity index (χ3v) is 1.20. The number of alkyl halides is 1. The molecule has 0 saturated heterocycles. The lowest BCUT2D eigenvalue weighted by Crippen LogP contribution is -1.98. The molecular formula is C5H11FS. The Hall–Kier alpha value is 0.280. The average Bonchev–Trinajstić information content (AvgIpc) is 1.68. The molecule has 7 heavy (non-hydrogen) atoms. The molecule has 0 saturated carbocycles. The summed E-state index contributed by atoms with van der Waals surface area (Å²) in [5.41, 5.74) is 0. The Kier molecular flexibility index (Phi) is 4.62. The van der Waals surface area contributed by atoms with Crippen molar-refractivity contribution in [1.29, 1.82) is 0 Å². The molecule has 0 nitrogen and oxygen atoms in total. The van der Waals surface area contributed by atoms with Crippen LogP contribution in [0.5, 0.6) is 0 Å². The van der Waals surface area contributed by atoms with Crippen LogP contribution in [0.3, 0.4) is 0 Å². The smallest absolute Gasteiger partial charge is 0.101 e. The van der Waals surface area contributed by atoms with Crippen LogP contribution in [0, 0.1) is 0 Å². The van der Waals surface area contributed by atoms with Gasteiger partial charge >= 0.3 is 0 Å². The van der Waals surface area contributed by atoms with Gasteiger partial charge in [-0.1, -0.05) is 13.3 Å². The summed E-state index contributed by atoms with van der Waals surface area (Å²) >= 11 is 3.94. The predicted molar refractivity (Wildman–Crippen MR) is 33.7 cm³/mol. The summed E-state index contributed by atoms with van der Waals surface area (Å²) in [4.78, 5) is 0. The van der Waals surface area contributed by atoms with Crippen molar-refractivity contribution in [1.82, 2.24) is 0 Å². The Labute approximate surface area is 49.5 Å². The van der Waals surface area contributed by atoms with Crippen molar-refractivity contribution < 1.29 is 4.39 Å². The summed E-state index contributed by atoms with van der Waals surface area (Å²) in [6.45, 7) is 1.73. The lowest BCUT2D eigenvalue weighted by Gasteiger charge is -1.99. The van der Waals surface area contributed by atoms with Crippen molar-refractivity contribution in [2.45, 2.75) is 25.0 Å². The molecule has 1 atom stereocenters. The lowest BCUT2D eigenvalue weighted by molar-refractivity contribution is 0.471. The largest absolute Gasteiger partial charge is 0.250 e. The minimum Gasteiger partial charge on any atom is -0.250 e. The molecule has 0 aromatic rings. The predicted octanol–water partition coefficient (Wildman–Crippen LogP) is 2.05. The number of rotatable bonds is 3. The average molecular weight is 122 g/mol. The molecule has 0 heterocycles. The molecule has 0 aliphatic heterocycles. The van der Waals surface area contributed by atoms with Crippen molar-refractivity contribution in [2.75, 3.05) is 6.67 Å². The van der Waals surface area contributed by atoms with Crippen LogP contribution in [0.1, 0.15) is 19.8 Å². The van der Waals surface area contributed by atoms with Gasteiger partial charge in [0.15, 0.2) is 0 Å². The van der Waals surface area contributed by atoms with Crippen molar-refractivity contribution in [3.8, 4) is 0 Å². The van der Waals surface area contributed by atoms with Crippen LogP contribution >= 0.6 is 12.6 Å². The van der Waals surface area contributed by atoms with E-state index in [1.165, 1.54) is 0 Å². The molecule has 0 rings (SSSR count). The van der Waals surface area contributed by atoms with E-state index in [2.05, 4.69) is 12.6 Å². The van der Waals surface area contributed by atoms with E-state index < -0.39 is 0 Å². The van der Waals surface area contributed by atoms with E-state index in [9.17, 15) is 4.39 Å². The fourth-order valence-electron chi connectivity index (χ4n) is 0.410. The molecule has 0 aromatic heterocycles. The minimum atomic E-state index is -0.295. The number of thiol groups is 1. The molecule has 0 N–H and O–H groups in total. The molecule has 44 valence electrons. The number of halogens is 1. The fraction of sp³-hybridized carbons (Fsp3) is 1.00. The van der Waals surface area contributed by atoms with Crippen molar-refractivity contribution in [2.24, 2.45) is 0 Å². The van der Waals surface area contributed by atoms with Gasteiger partial charge in [0, 0.05) is 5.25 Å². The van der Waals surface area contributed by atoms with Crippen LogP contribution in [0.2, 0.25) is 0 Å². The van der Waals surface area contributed by atoms with Gasteiger partial charge in [-0.3, -0.25) is 0 Å². The molecule has 2 heteroatoms. The van der Waals surface area contributed by atoms with Crippen LogP contribution in [0.25, 0.3) is 0 Å². The molecular weight excluding hydrogens is 111 g/mol. The van der Waals surface area contributed by atoms with Gasteiger partial charge in [0.25, 0.3) is 0 Å². The van der Waals surface area contributed by atoms with Gasteiger partial charge in [0.05, 0.1) is 0 Å². The normalized spacial score (nSPS) is 14.1. The maximum Gasteiger partial charge on any atom is 0.101 e. The molecule has 0 radical (unpaired) electrons. The van der Waals surface area contributed by atoms with Crippen molar-refractivity contribution in [3.05, 3.63) is 0 Å². The van der Waals surface area contributed by atoms with E-state index >= 15 is 0 Å². The highest BCUT2D eigenvalue weighted by molar-refractivity contribution is 7.81. The van der Waals surface area contributed by atoms with E-state index in [0.717, 1.165) is 12.8 Å². The molecule has 0 bridgehead atoms. The number of hydrogen-bond acceptors (Lipinski definition) is 1. The minimum absolute atomic E-state index is 0.0231. The topological polar surface area (TPSA) is 0 Å². The van der Waals surface area contributed by atoms with Crippen LogP contribution in [-0.4, -0.2) is 11.9 Å². The van der Waals surface area contributed by atoms with Crippen LogP contribution < -0.4 is 0 Å². The van der Waals surface area contributed by atoms with Gasteiger partial charge in [-0.25, -0.2) is 4.39 Å². The first kappa shape index (κ1) is 7.28. The van der Waals surface area contributed by atoms with Gasteiger partial charge in [-0.05, 0) is 6.42 Å². The Balaban J connectivity index is 2.83. The summed E-state index contributed by atoms with van der Waals surface area (Å²) in [5.74, 6) is 0. The van der Waals surface area contributed by atoms with E-state index in [1.54, 1.807) is 0 Å². The van der Waals surface area contributed by atoms with Crippen molar-refractivity contribution in [3.63, 3.8) is 0 Å². The standard InChI is InChI=1S/C5H11FS/c1-2-3-5(7)4-6/h5,7H,2-4H2,1H3. The molecule has 0 aliphatic rings. The third-order valence-electron chi connectivity index (χ3n) is 0.800. The maximum absolute atomic E-state index is 11.5. The molecule has 0 aromatic carbocycles. The second-order valence-electron chi connectivity index (χ2n) is 1.60. The highest BCUT2D eigenvalue weighted by atomic mass is 32.1. The van der Waals surface area contributed by atoms with E-state index in [0.29, 0.717) is 0 Å². The second kappa shape index (κ2) is 4.44. The Morgan fingerprint density at radius 3 is 2.43 bits per heavy atom. The fourth-order valence-corrected chi connectivity index (χ4v) is 0.669. The monoisotopic (exact) mass is 122 g/mol. The Morgan fingerprint density at radius 1 is 1.71 bits per heavy atom. The third kappa shape index (κ3) is 4.13. The summed E-state index contributed by atoms with van der Waals surface area (Å²) in [5, 5.41) is -0.0231. The molecule has 0 spiro atoms. The maximum atomic E-state index is 11.5. The SMILES string of the molecule is CCCC(S)CF. The number of hydrogen-bond donors (Lipinski definition) is 1. The van der Waals surface area contributed by atoms with Crippen LogP contribution in [0.4, 0.5) is 4.39 Å². The zero-order valence-electron chi connectivity index (χ0n) is 4.52. The molecule has 1 unspecified atom stereocenters. The first-order chi connectivity index (χ1) is 3.31. The molecule has 0 amide bonds. The van der Waals surface area contributed by atoms with Crippen molar-refractivity contribution >= 4 is 12.6 Å². The summed E-state index contributed by atoms with van der Waals surface area (Å²) in [6, 6.07) is 0. The van der Waals surface area contributed by atoms with Gasteiger partial charge in [0.2, 0.25) is 0 Å². The van der Waals surface area contributed by atoms with E-state index in [1.807, 2.05) is 6.92 Å². The quantitative estimate of drug-likeness (QED) is 0.544.